The zero-order valence-electron chi connectivity index (χ0n) is 15.3. The highest BCUT2D eigenvalue weighted by molar-refractivity contribution is 5.40. The number of nitrogens with zero attached hydrogens (tertiary/aromatic N) is 8. The molecular formula is C17H22N8O. The largest absolute Gasteiger partial charge is 0.353 e. The molecule has 1 fully saturated rings. The lowest BCUT2D eigenvalue weighted by Crippen LogP contribution is -2.46. The molecule has 1 saturated heterocycles. The maximum absolute atomic E-state index is 5.20. The van der Waals surface area contributed by atoms with E-state index in [-0.39, 0.29) is 0 Å². The second-order valence-corrected chi connectivity index (χ2v) is 6.59. The van der Waals surface area contributed by atoms with E-state index in [0.717, 1.165) is 49.2 Å². The normalized spacial score (nSPS) is 15.6. The molecule has 0 bridgehead atoms. The second kappa shape index (κ2) is 6.83. The molecular weight excluding hydrogens is 332 g/mol. The Labute approximate surface area is 151 Å². The first kappa shape index (κ1) is 16.6. The Bertz CT molecular complexity index is 877. The first-order valence-corrected chi connectivity index (χ1v) is 8.72. The Morgan fingerprint density at radius 2 is 1.73 bits per heavy atom. The van der Waals surface area contributed by atoms with E-state index in [1.54, 1.807) is 0 Å². The fourth-order valence-electron chi connectivity index (χ4n) is 3.19. The quantitative estimate of drug-likeness (QED) is 0.692. The van der Waals surface area contributed by atoms with Gasteiger partial charge in [0.05, 0.1) is 12.2 Å². The molecule has 136 valence electrons. The van der Waals surface area contributed by atoms with E-state index in [0.29, 0.717) is 18.3 Å². The summed E-state index contributed by atoms with van der Waals surface area (Å²) in [5, 5.41) is 17.0. The number of aromatic nitrogens is 6. The molecule has 9 nitrogen and oxygen atoms in total. The average Bonchev–Trinajstić information content (AvgIpc) is 3.20. The lowest BCUT2D eigenvalue weighted by molar-refractivity contribution is 0.215. The molecule has 1 aliphatic heterocycles. The number of anilines is 1. The zero-order chi connectivity index (χ0) is 18.1. The molecule has 4 heterocycles. The molecule has 0 aliphatic carbocycles. The number of hydrogen-bond acceptors (Lipinski definition) is 8. The van der Waals surface area contributed by atoms with Crippen molar-refractivity contribution in [1.82, 2.24) is 35.0 Å². The first-order valence-electron chi connectivity index (χ1n) is 8.72. The summed E-state index contributed by atoms with van der Waals surface area (Å²) in [6.07, 6.45) is 0. The standard InChI is InChI=1S/C17H22N8O/c1-12-10-13(2)25(21-12)16-5-4-15(19-20-16)24-8-6-23(7-9-24)11-17-18-14(3)22-26-17/h4-5,10H,6-9,11H2,1-3H3. The van der Waals surface area contributed by atoms with Gasteiger partial charge in [0.15, 0.2) is 17.5 Å². The lowest BCUT2D eigenvalue weighted by atomic mass is 10.3. The molecule has 0 unspecified atom stereocenters. The van der Waals surface area contributed by atoms with Crippen molar-refractivity contribution in [2.45, 2.75) is 27.3 Å². The van der Waals surface area contributed by atoms with Crippen molar-refractivity contribution in [3.8, 4) is 5.82 Å². The third-order valence-corrected chi connectivity index (χ3v) is 4.49. The van der Waals surface area contributed by atoms with Crippen LogP contribution in [0.3, 0.4) is 0 Å². The van der Waals surface area contributed by atoms with Crippen LogP contribution in [0, 0.1) is 20.8 Å². The van der Waals surface area contributed by atoms with Gasteiger partial charge in [-0.25, -0.2) is 4.68 Å². The van der Waals surface area contributed by atoms with E-state index < -0.39 is 0 Å². The summed E-state index contributed by atoms with van der Waals surface area (Å²) in [5.41, 5.74) is 2.02. The molecule has 0 radical (unpaired) electrons. The van der Waals surface area contributed by atoms with Crippen LogP contribution in [0.25, 0.3) is 5.82 Å². The van der Waals surface area contributed by atoms with E-state index >= 15 is 0 Å². The van der Waals surface area contributed by atoms with Gasteiger partial charge >= 0.3 is 0 Å². The Hall–Kier alpha value is -2.81. The summed E-state index contributed by atoms with van der Waals surface area (Å²) >= 11 is 0. The van der Waals surface area contributed by atoms with Crippen LogP contribution < -0.4 is 4.90 Å². The van der Waals surface area contributed by atoms with Gasteiger partial charge in [0.1, 0.15) is 0 Å². The minimum atomic E-state index is 0.671. The third kappa shape index (κ3) is 3.43. The number of aryl methyl sites for hydroxylation is 3. The molecule has 26 heavy (non-hydrogen) atoms. The van der Waals surface area contributed by atoms with Crippen molar-refractivity contribution in [2.24, 2.45) is 0 Å². The SMILES string of the molecule is Cc1cc(C)n(-c2ccc(N3CCN(Cc4nc(C)no4)CC3)nn2)n1. The predicted molar refractivity (Wildman–Crippen MR) is 95.2 cm³/mol. The molecule has 0 spiro atoms. The highest BCUT2D eigenvalue weighted by Gasteiger charge is 2.20. The Balaban J connectivity index is 1.38. The first-order chi connectivity index (χ1) is 12.6. The molecule has 9 heteroatoms. The van der Waals surface area contributed by atoms with Crippen molar-refractivity contribution in [3.63, 3.8) is 0 Å². The zero-order valence-corrected chi connectivity index (χ0v) is 15.3. The van der Waals surface area contributed by atoms with Crippen LogP contribution in [0.15, 0.2) is 22.7 Å². The predicted octanol–water partition coefficient (Wildman–Crippen LogP) is 1.29. The van der Waals surface area contributed by atoms with E-state index in [1.807, 2.05) is 43.7 Å². The minimum Gasteiger partial charge on any atom is -0.353 e. The average molecular weight is 354 g/mol. The Morgan fingerprint density at radius 1 is 1.00 bits per heavy atom. The smallest absolute Gasteiger partial charge is 0.240 e. The highest BCUT2D eigenvalue weighted by atomic mass is 16.5. The monoisotopic (exact) mass is 354 g/mol. The molecule has 3 aromatic rings. The van der Waals surface area contributed by atoms with Gasteiger partial charge in [-0.05, 0) is 39.0 Å². The molecule has 1 aliphatic rings. The van der Waals surface area contributed by atoms with Gasteiger partial charge in [0.2, 0.25) is 5.89 Å². The molecule has 0 amide bonds. The maximum Gasteiger partial charge on any atom is 0.240 e. The summed E-state index contributed by atoms with van der Waals surface area (Å²) in [5.74, 6) is 2.98. The van der Waals surface area contributed by atoms with Crippen LogP contribution in [0.1, 0.15) is 23.1 Å². The fourth-order valence-corrected chi connectivity index (χ4v) is 3.19. The molecule has 0 saturated carbocycles. The van der Waals surface area contributed by atoms with Crippen LogP contribution in [-0.4, -0.2) is 61.2 Å². The van der Waals surface area contributed by atoms with Gasteiger partial charge in [-0.15, -0.1) is 10.2 Å². The Morgan fingerprint density at radius 3 is 2.31 bits per heavy atom. The van der Waals surface area contributed by atoms with Crippen LogP contribution in [0.2, 0.25) is 0 Å². The minimum absolute atomic E-state index is 0.671. The van der Waals surface area contributed by atoms with Crippen molar-refractivity contribution in [3.05, 3.63) is 41.3 Å². The van der Waals surface area contributed by atoms with E-state index in [1.165, 1.54) is 0 Å². The number of hydrogen-bond donors (Lipinski definition) is 0. The number of rotatable bonds is 4. The van der Waals surface area contributed by atoms with Crippen LogP contribution in [0.5, 0.6) is 0 Å². The fraction of sp³-hybridized carbons (Fsp3) is 0.471. The molecule has 4 rings (SSSR count). The van der Waals surface area contributed by atoms with E-state index in [9.17, 15) is 0 Å². The maximum atomic E-state index is 5.20. The number of piperazine rings is 1. The van der Waals surface area contributed by atoms with Gasteiger partial charge in [-0.1, -0.05) is 5.16 Å². The van der Waals surface area contributed by atoms with Crippen LogP contribution in [-0.2, 0) is 6.54 Å². The summed E-state index contributed by atoms with van der Waals surface area (Å²) in [7, 11) is 0. The molecule has 0 N–H and O–H groups in total. The van der Waals surface area contributed by atoms with Crippen LogP contribution >= 0.6 is 0 Å². The lowest BCUT2D eigenvalue weighted by Gasteiger charge is -2.34. The van der Waals surface area contributed by atoms with Crippen molar-refractivity contribution >= 4 is 5.82 Å². The molecule has 3 aromatic heterocycles. The summed E-state index contributed by atoms with van der Waals surface area (Å²) in [4.78, 5) is 8.82. The van der Waals surface area contributed by atoms with Gasteiger partial charge in [0, 0.05) is 31.9 Å². The van der Waals surface area contributed by atoms with Crippen molar-refractivity contribution in [2.75, 3.05) is 31.1 Å². The highest BCUT2D eigenvalue weighted by Crippen LogP contribution is 2.16. The third-order valence-electron chi connectivity index (χ3n) is 4.49. The molecule has 0 aromatic carbocycles. The summed E-state index contributed by atoms with van der Waals surface area (Å²) in [6.45, 7) is 10.1. The van der Waals surface area contributed by atoms with Crippen molar-refractivity contribution < 1.29 is 4.52 Å². The van der Waals surface area contributed by atoms with E-state index in [4.69, 9.17) is 4.52 Å². The van der Waals surface area contributed by atoms with E-state index in [2.05, 4.69) is 35.2 Å². The summed E-state index contributed by atoms with van der Waals surface area (Å²) < 4.78 is 7.01. The second-order valence-electron chi connectivity index (χ2n) is 6.59. The molecule has 0 atom stereocenters. The topological polar surface area (TPSA) is 89.0 Å². The van der Waals surface area contributed by atoms with Gasteiger partial charge in [-0.3, -0.25) is 4.90 Å². The van der Waals surface area contributed by atoms with Gasteiger partial charge in [0.25, 0.3) is 0 Å². The Kier molecular flexibility index (Phi) is 4.37. The van der Waals surface area contributed by atoms with Crippen molar-refractivity contribution in [1.29, 1.82) is 0 Å². The van der Waals surface area contributed by atoms with Gasteiger partial charge < -0.3 is 9.42 Å². The van der Waals surface area contributed by atoms with Crippen LogP contribution in [0.4, 0.5) is 5.82 Å². The van der Waals surface area contributed by atoms with Gasteiger partial charge in [-0.2, -0.15) is 10.1 Å². The summed E-state index contributed by atoms with van der Waals surface area (Å²) in [6, 6.07) is 6.00.